The molecule has 2 heterocycles. The maximum absolute atomic E-state index is 12.8. The van der Waals surface area contributed by atoms with Crippen LogP contribution in [0, 0.1) is 0 Å². The monoisotopic (exact) mass is 462 g/mol. The predicted octanol–water partition coefficient (Wildman–Crippen LogP) is 2.69. The van der Waals surface area contributed by atoms with Crippen molar-refractivity contribution in [1.29, 1.82) is 0 Å². The van der Waals surface area contributed by atoms with Crippen LogP contribution in [0.1, 0.15) is 31.7 Å². The van der Waals surface area contributed by atoms with Gasteiger partial charge in [-0.1, -0.05) is 6.07 Å². The highest BCUT2D eigenvalue weighted by atomic mass is 32.2. The molecule has 0 aromatic heterocycles. The van der Waals surface area contributed by atoms with E-state index in [4.69, 9.17) is 9.47 Å². The largest absolute Gasteiger partial charge is 0.490 e. The number of ether oxygens (including phenoxy) is 3. The number of imide groups is 1. The van der Waals surface area contributed by atoms with E-state index in [-0.39, 0.29) is 24.0 Å². The van der Waals surface area contributed by atoms with Gasteiger partial charge in [0, 0.05) is 13.1 Å². The quantitative estimate of drug-likeness (QED) is 0.429. The Hall–Kier alpha value is -3.01. The summed E-state index contributed by atoms with van der Waals surface area (Å²) >= 11 is 0.800. The molecule has 0 bridgehead atoms. The van der Waals surface area contributed by atoms with E-state index in [0.29, 0.717) is 36.8 Å². The van der Waals surface area contributed by atoms with Crippen molar-refractivity contribution in [2.24, 2.45) is 0 Å². The summed E-state index contributed by atoms with van der Waals surface area (Å²) in [5, 5.41) is -0.463. The van der Waals surface area contributed by atoms with Crippen molar-refractivity contribution in [3.63, 3.8) is 0 Å². The highest BCUT2D eigenvalue weighted by molar-refractivity contribution is 8.18. The Bertz CT molecular complexity index is 925. The summed E-state index contributed by atoms with van der Waals surface area (Å²) < 4.78 is 15.6. The number of hydrogen-bond donors (Lipinski definition) is 0. The van der Waals surface area contributed by atoms with Crippen molar-refractivity contribution in [2.45, 2.75) is 26.2 Å². The number of carbonyl (C=O) groups excluding carboxylic acids is 4. The normalized spacial score (nSPS) is 17.6. The average molecular weight is 463 g/mol. The standard InChI is InChI=1S/C22H26N2O7S/c1-3-30-17-11-15(7-8-16(17)31-14-20(26)29-2)12-18-21(27)24(22(28)32-18)13-19(25)23-9-5-4-6-10-23/h7-8,11-12H,3-6,9-10,13-14H2,1-2H3/b18-12-. The first-order chi connectivity index (χ1) is 15.4. The van der Waals surface area contributed by atoms with Gasteiger partial charge in [0.15, 0.2) is 18.1 Å². The van der Waals surface area contributed by atoms with Crippen LogP contribution in [0.4, 0.5) is 4.79 Å². The molecule has 0 saturated carbocycles. The van der Waals surface area contributed by atoms with Crippen molar-refractivity contribution in [3.05, 3.63) is 28.7 Å². The number of piperidine rings is 1. The Balaban J connectivity index is 1.72. The number of carbonyl (C=O) groups is 4. The minimum atomic E-state index is -0.524. The molecule has 32 heavy (non-hydrogen) atoms. The first-order valence-electron chi connectivity index (χ1n) is 10.4. The molecule has 0 atom stereocenters. The predicted molar refractivity (Wildman–Crippen MR) is 118 cm³/mol. The second-order valence-electron chi connectivity index (χ2n) is 7.21. The Morgan fingerprint density at radius 1 is 1.09 bits per heavy atom. The number of hydrogen-bond acceptors (Lipinski definition) is 8. The van der Waals surface area contributed by atoms with Crippen LogP contribution < -0.4 is 9.47 Å². The smallest absolute Gasteiger partial charge is 0.343 e. The molecule has 9 nitrogen and oxygen atoms in total. The summed E-state index contributed by atoms with van der Waals surface area (Å²) in [6, 6.07) is 4.95. The fraction of sp³-hybridized carbons (Fsp3) is 0.455. The summed E-state index contributed by atoms with van der Waals surface area (Å²) in [6.07, 6.45) is 4.54. The lowest BCUT2D eigenvalue weighted by atomic mass is 10.1. The molecular weight excluding hydrogens is 436 g/mol. The Morgan fingerprint density at radius 3 is 2.53 bits per heavy atom. The number of likely N-dealkylation sites (tertiary alicyclic amines) is 1. The highest BCUT2D eigenvalue weighted by Crippen LogP contribution is 2.34. The van der Waals surface area contributed by atoms with Gasteiger partial charge in [-0.25, -0.2) is 4.79 Å². The molecule has 172 valence electrons. The molecule has 0 N–H and O–H groups in total. The van der Waals surface area contributed by atoms with E-state index in [1.54, 1.807) is 29.2 Å². The van der Waals surface area contributed by atoms with Gasteiger partial charge in [0.1, 0.15) is 6.54 Å². The zero-order chi connectivity index (χ0) is 23.1. The number of rotatable bonds is 8. The maximum Gasteiger partial charge on any atom is 0.343 e. The first-order valence-corrected chi connectivity index (χ1v) is 11.2. The lowest BCUT2D eigenvalue weighted by Crippen LogP contribution is -2.44. The molecule has 2 aliphatic heterocycles. The molecule has 0 spiro atoms. The third kappa shape index (κ3) is 5.82. The van der Waals surface area contributed by atoms with E-state index in [0.717, 1.165) is 35.9 Å². The molecule has 0 aliphatic carbocycles. The second-order valence-corrected chi connectivity index (χ2v) is 8.21. The molecule has 2 saturated heterocycles. The van der Waals surface area contributed by atoms with Gasteiger partial charge in [-0.2, -0.15) is 0 Å². The van der Waals surface area contributed by atoms with Crippen molar-refractivity contribution in [3.8, 4) is 11.5 Å². The summed E-state index contributed by atoms with van der Waals surface area (Å²) in [7, 11) is 1.27. The van der Waals surface area contributed by atoms with Gasteiger partial charge in [0.2, 0.25) is 5.91 Å². The van der Waals surface area contributed by atoms with Gasteiger partial charge >= 0.3 is 5.97 Å². The van der Waals surface area contributed by atoms with Crippen LogP contribution in [-0.4, -0.2) is 72.8 Å². The van der Waals surface area contributed by atoms with Crippen LogP contribution in [0.25, 0.3) is 6.08 Å². The van der Waals surface area contributed by atoms with Crippen LogP contribution in [0.15, 0.2) is 23.1 Å². The van der Waals surface area contributed by atoms with Gasteiger partial charge in [0.25, 0.3) is 11.1 Å². The number of nitrogens with zero attached hydrogens (tertiary/aromatic N) is 2. The van der Waals surface area contributed by atoms with E-state index in [2.05, 4.69) is 4.74 Å². The van der Waals surface area contributed by atoms with Gasteiger partial charge < -0.3 is 19.1 Å². The minimum Gasteiger partial charge on any atom is -0.490 e. The van der Waals surface area contributed by atoms with Crippen LogP contribution in [-0.2, 0) is 19.1 Å². The van der Waals surface area contributed by atoms with Crippen LogP contribution >= 0.6 is 11.8 Å². The molecule has 0 radical (unpaired) electrons. The topological polar surface area (TPSA) is 102 Å². The lowest BCUT2D eigenvalue weighted by Gasteiger charge is -2.27. The Kier molecular flexibility index (Phi) is 8.15. The second kappa shape index (κ2) is 11.0. The van der Waals surface area contributed by atoms with Gasteiger partial charge in [-0.3, -0.25) is 19.3 Å². The molecular formula is C22H26N2O7S. The maximum atomic E-state index is 12.8. The molecule has 1 aromatic carbocycles. The third-order valence-electron chi connectivity index (χ3n) is 5.01. The number of thioether (sulfide) groups is 1. The fourth-order valence-corrected chi connectivity index (χ4v) is 4.20. The van der Waals surface area contributed by atoms with Crippen LogP contribution in [0.2, 0.25) is 0 Å². The van der Waals surface area contributed by atoms with Crippen molar-refractivity contribution < 1.29 is 33.4 Å². The van der Waals surface area contributed by atoms with Gasteiger partial charge in [0.05, 0.1) is 18.6 Å². The number of benzene rings is 1. The number of amides is 3. The third-order valence-corrected chi connectivity index (χ3v) is 5.92. The molecule has 3 amide bonds. The van der Waals surface area contributed by atoms with E-state index < -0.39 is 17.1 Å². The summed E-state index contributed by atoms with van der Waals surface area (Å²) in [5.41, 5.74) is 0.617. The molecule has 10 heteroatoms. The zero-order valence-electron chi connectivity index (χ0n) is 18.1. The first kappa shape index (κ1) is 23.6. The summed E-state index contributed by atoms with van der Waals surface area (Å²) in [4.78, 5) is 51.9. The summed E-state index contributed by atoms with van der Waals surface area (Å²) in [5.74, 6) is -0.475. The Labute approximate surface area is 190 Å². The molecule has 1 aromatic rings. The molecule has 0 unspecified atom stereocenters. The van der Waals surface area contributed by atoms with E-state index in [1.165, 1.54) is 7.11 Å². The van der Waals surface area contributed by atoms with E-state index in [1.807, 2.05) is 6.92 Å². The molecule has 2 fully saturated rings. The van der Waals surface area contributed by atoms with Crippen molar-refractivity contribution >= 4 is 40.9 Å². The minimum absolute atomic E-state index is 0.209. The number of esters is 1. The van der Waals surface area contributed by atoms with E-state index in [9.17, 15) is 19.2 Å². The lowest BCUT2D eigenvalue weighted by molar-refractivity contribution is -0.143. The molecule has 2 aliphatic rings. The fourth-order valence-electron chi connectivity index (χ4n) is 3.36. The zero-order valence-corrected chi connectivity index (χ0v) is 18.9. The van der Waals surface area contributed by atoms with E-state index >= 15 is 0 Å². The molecule has 3 rings (SSSR count). The van der Waals surface area contributed by atoms with Crippen LogP contribution in [0.3, 0.4) is 0 Å². The summed E-state index contributed by atoms with van der Waals surface area (Å²) in [6.45, 7) is 2.99. The van der Waals surface area contributed by atoms with Gasteiger partial charge in [-0.05, 0) is 61.7 Å². The SMILES string of the molecule is CCOc1cc(/C=C2\SC(=O)N(CC(=O)N3CCCCC3)C2=O)ccc1OCC(=O)OC. The highest BCUT2D eigenvalue weighted by Gasteiger charge is 2.37. The Morgan fingerprint density at radius 2 is 1.84 bits per heavy atom. The average Bonchev–Trinajstić information content (AvgIpc) is 3.06. The van der Waals surface area contributed by atoms with Crippen LogP contribution in [0.5, 0.6) is 11.5 Å². The van der Waals surface area contributed by atoms with Crippen molar-refractivity contribution in [2.75, 3.05) is 40.0 Å². The van der Waals surface area contributed by atoms with Gasteiger partial charge in [-0.15, -0.1) is 0 Å². The number of methoxy groups -OCH3 is 1. The van der Waals surface area contributed by atoms with Crippen molar-refractivity contribution in [1.82, 2.24) is 9.80 Å².